The van der Waals surface area contributed by atoms with Gasteiger partial charge in [0.2, 0.25) is 7.98 Å². The van der Waals surface area contributed by atoms with Crippen LogP contribution in [0.25, 0.3) is 10.9 Å². The van der Waals surface area contributed by atoms with Gasteiger partial charge in [-0.15, -0.1) is 0 Å². The van der Waals surface area contributed by atoms with E-state index in [9.17, 15) is 22.8 Å². The summed E-state index contributed by atoms with van der Waals surface area (Å²) in [5.74, 6) is -4.34. The third-order valence-electron chi connectivity index (χ3n) is 5.43. The fourth-order valence-corrected chi connectivity index (χ4v) is 3.61. The maximum Gasteiger partial charge on any atom is 0.309 e. The number of hydrogen-bond donors (Lipinski definition) is 2. The van der Waals surface area contributed by atoms with Gasteiger partial charge in [-0.3, -0.25) is 9.78 Å². The van der Waals surface area contributed by atoms with Crippen LogP contribution in [0, 0.1) is 11.6 Å². The molecular formula is C23H18BClF4N4O4. The topological polar surface area (TPSA) is 92.8 Å². The van der Waals surface area contributed by atoms with Crippen LogP contribution < -0.4 is 20.1 Å². The second kappa shape index (κ2) is 10.7. The Hall–Kier alpha value is -3.74. The Morgan fingerprint density at radius 1 is 1.24 bits per heavy atom. The molecule has 1 aliphatic carbocycles. The van der Waals surface area contributed by atoms with Gasteiger partial charge in [-0.2, -0.15) is 0 Å². The minimum Gasteiger partial charge on any atom is -0.496 e. The van der Waals surface area contributed by atoms with Gasteiger partial charge in [0.15, 0.2) is 17.4 Å². The summed E-state index contributed by atoms with van der Waals surface area (Å²) >= 11 is 6.03. The van der Waals surface area contributed by atoms with Gasteiger partial charge in [0.1, 0.15) is 16.5 Å². The standard InChI is InChI=1S/C23H18BClF4N4O4/c1-36-17-8-14-11(6-12(17)22(34)31-9-18(27)28)16(4-5-30-14)37-21-13(26)7-15(19(25)20(21)29)32-23(35)33(24)10-2-3-10/h4-8,10,18H,2-3,9H2,1H3,(H,31,34)(H,32,35). The fraction of sp³-hybridized carbons (Fsp3) is 0.261. The van der Waals surface area contributed by atoms with Crippen molar-refractivity contribution in [2.75, 3.05) is 19.0 Å². The molecule has 3 aromatic rings. The van der Waals surface area contributed by atoms with Gasteiger partial charge in [-0.25, -0.2) is 22.4 Å². The fourth-order valence-electron chi connectivity index (χ4n) is 3.42. The summed E-state index contributed by atoms with van der Waals surface area (Å²) < 4.78 is 65.7. The van der Waals surface area contributed by atoms with Crippen molar-refractivity contribution in [1.29, 1.82) is 0 Å². The Morgan fingerprint density at radius 2 is 1.97 bits per heavy atom. The average Bonchev–Trinajstić information content (AvgIpc) is 3.72. The van der Waals surface area contributed by atoms with Crippen molar-refractivity contribution in [3.63, 3.8) is 0 Å². The zero-order chi connectivity index (χ0) is 26.9. The normalized spacial score (nSPS) is 12.9. The van der Waals surface area contributed by atoms with E-state index in [0.717, 1.165) is 10.9 Å². The van der Waals surface area contributed by atoms with E-state index < -0.39 is 47.3 Å². The number of ether oxygens (including phenoxy) is 2. The summed E-state index contributed by atoms with van der Waals surface area (Å²) in [7, 11) is 6.93. The highest BCUT2D eigenvalue weighted by Gasteiger charge is 2.30. The summed E-state index contributed by atoms with van der Waals surface area (Å²) in [6, 6.07) is 3.68. The van der Waals surface area contributed by atoms with Crippen LogP contribution in [0.4, 0.5) is 28.0 Å². The van der Waals surface area contributed by atoms with Crippen LogP contribution in [0.2, 0.25) is 5.02 Å². The Kier molecular flexibility index (Phi) is 7.62. The van der Waals surface area contributed by atoms with Crippen LogP contribution in [-0.2, 0) is 0 Å². The molecular weight excluding hydrogens is 519 g/mol. The molecule has 2 N–H and O–H groups in total. The number of carbonyl (C=O) groups excluding carboxylic acids is 2. The number of benzene rings is 2. The number of pyridine rings is 1. The van der Waals surface area contributed by atoms with Crippen LogP contribution in [0.15, 0.2) is 30.5 Å². The highest BCUT2D eigenvalue weighted by atomic mass is 35.5. The molecule has 2 aromatic carbocycles. The lowest BCUT2D eigenvalue weighted by atomic mass is 10.1. The predicted molar refractivity (Wildman–Crippen MR) is 128 cm³/mol. The Morgan fingerprint density at radius 3 is 2.62 bits per heavy atom. The molecule has 0 bridgehead atoms. The number of urea groups is 1. The molecule has 14 heteroatoms. The molecule has 3 amide bonds. The highest BCUT2D eigenvalue weighted by Crippen LogP contribution is 2.39. The van der Waals surface area contributed by atoms with Gasteiger partial charge >= 0.3 is 6.03 Å². The summed E-state index contributed by atoms with van der Waals surface area (Å²) in [6.07, 6.45) is -0.0582. The van der Waals surface area contributed by atoms with Crippen LogP contribution in [0.5, 0.6) is 17.2 Å². The van der Waals surface area contributed by atoms with Gasteiger partial charge in [-0.1, -0.05) is 11.6 Å². The molecule has 37 heavy (non-hydrogen) atoms. The Bertz CT molecular complexity index is 1380. The molecule has 0 saturated heterocycles. The lowest BCUT2D eigenvalue weighted by Crippen LogP contribution is -2.34. The van der Waals surface area contributed by atoms with Gasteiger partial charge in [0, 0.05) is 29.8 Å². The lowest BCUT2D eigenvalue weighted by molar-refractivity contribution is 0.0889. The number of methoxy groups -OCH3 is 1. The summed E-state index contributed by atoms with van der Waals surface area (Å²) in [5.41, 5.74) is -0.265. The van der Waals surface area contributed by atoms with E-state index in [4.69, 9.17) is 29.1 Å². The first-order valence-corrected chi connectivity index (χ1v) is 11.2. The van der Waals surface area contributed by atoms with Crippen LogP contribution in [0.3, 0.4) is 0 Å². The predicted octanol–water partition coefficient (Wildman–Crippen LogP) is 5.04. The van der Waals surface area contributed by atoms with Crippen molar-refractivity contribution in [2.45, 2.75) is 25.3 Å². The molecule has 1 saturated carbocycles. The first kappa shape index (κ1) is 26.3. The SMILES string of the molecule is [B]N(C(=O)Nc1cc(F)c(Oc2ccnc3cc(OC)c(C(=O)NCC(F)F)cc23)c(F)c1Cl)C1CC1. The maximum absolute atomic E-state index is 15.1. The van der Waals surface area contributed by atoms with Crippen LogP contribution in [-0.4, -0.2) is 55.8 Å². The van der Waals surface area contributed by atoms with Crippen molar-refractivity contribution < 1.29 is 36.6 Å². The van der Waals surface area contributed by atoms with Crippen molar-refractivity contribution >= 4 is 48.1 Å². The number of nitrogens with one attached hydrogen (secondary N) is 2. The minimum absolute atomic E-state index is 0.0320. The number of fused-ring (bicyclic) bond motifs is 1. The molecule has 2 radical (unpaired) electrons. The quantitative estimate of drug-likeness (QED) is 0.239. The van der Waals surface area contributed by atoms with E-state index in [1.807, 2.05) is 0 Å². The van der Waals surface area contributed by atoms with Crippen molar-refractivity contribution in [3.05, 3.63) is 52.7 Å². The number of nitrogens with zero attached hydrogens (tertiary/aromatic N) is 2. The molecule has 0 atom stereocenters. The number of rotatable bonds is 8. The molecule has 1 fully saturated rings. The number of anilines is 1. The number of halogens is 5. The summed E-state index contributed by atoms with van der Waals surface area (Å²) in [6.45, 7) is -0.892. The van der Waals surface area contributed by atoms with Gasteiger partial charge in [-0.05, 0) is 25.0 Å². The largest absolute Gasteiger partial charge is 0.496 e. The van der Waals surface area contributed by atoms with E-state index in [1.165, 1.54) is 31.5 Å². The molecule has 1 aromatic heterocycles. The Labute approximate surface area is 214 Å². The smallest absolute Gasteiger partial charge is 0.309 e. The van der Waals surface area contributed by atoms with Gasteiger partial charge in [0.05, 0.1) is 30.4 Å². The number of alkyl halides is 2. The average molecular weight is 537 g/mol. The third-order valence-corrected chi connectivity index (χ3v) is 5.80. The van der Waals surface area contributed by atoms with Crippen molar-refractivity contribution in [3.8, 4) is 17.2 Å². The first-order valence-electron chi connectivity index (χ1n) is 10.8. The molecule has 0 unspecified atom stereocenters. The van der Waals surface area contributed by atoms with Crippen molar-refractivity contribution in [2.24, 2.45) is 0 Å². The summed E-state index contributed by atoms with van der Waals surface area (Å²) in [4.78, 5) is 29.7. The zero-order valence-electron chi connectivity index (χ0n) is 19.2. The molecule has 4 rings (SSSR count). The van der Waals surface area contributed by atoms with Crippen LogP contribution >= 0.6 is 11.6 Å². The minimum atomic E-state index is -2.78. The maximum atomic E-state index is 15.1. The van der Waals surface area contributed by atoms with Gasteiger partial charge < -0.3 is 24.9 Å². The van der Waals surface area contributed by atoms with Crippen LogP contribution in [0.1, 0.15) is 23.2 Å². The van der Waals surface area contributed by atoms with E-state index >= 15 is 4.39 Å². The first-order chi connectivity index (χ1) is 17.6. The number of carbonyl (C=O) groups is 2. The van der Waals surface area contributed by atoms with Crippen molar-refractivity contribution in [1.82, 2.24) is 15.1 Å². The molecule has 192 valence electrons. The van der Waals surface area contributed by atoms with Gasteiger partial charge in [0.25, 0.3) is 12.3 Å². The molecule has 0 spiro atoms. The van der Waals surface area contributed by atoms with E-state index in [-0.39, 0.29) is 39.7 Å². The number of amides is 3. The monoisotopic (exact) mass is 536 g/mol. The Balaban J connectivity index is 1.68. The number of aromatic nitrogens is 1. The third kappa shape index (κ3) is 5.66. The van der Waals surface area contributed by atoms with E-state index in [2.05, 4.69) is 15.6 Å². The number of hydrogen-bond acceptors (Lipinski definition) is 5. The highest BCUT2D eigenvalue weighted by molar-refractivity contribution is 6.34. The molecule has 1 heterocycles. The van der Waals surface area contributed by atoms with E-state index in [1.54, 1.807) is 0 Å². The second-order valence-electron chi connectivity index (χ2n) is 8.01. The second-order valence-corrected chi connectivity index (χ2v) is 8.39. The molecule has 0 aliphatic heterocycles. The lowest BCUT2D eigenvalue weighted by Gasteiger charge is -2.19. The molecule has 8 nitrogen and oxygen atoms in total. The zero-order valence-corrected chi connectivity index (χ0v) is 19.9. The molecule has 1 aliphatic rings. The summed E-state index contributed by atoms with van der Waals surface area (Å²) in [5, 5.41) is 3.82. The van der Waals surface area contributed by atoms with E-state index in [0.29, 0.717) is 12.8 Å².